The largest absolute Gasteiger partial charge is 0.324 e. The van der Waals surface area contributed by atoms with Crippen molar-refractivity contribution in [3.8, 4) is 0 Å². The predicted octanol–water partition coefficient (Wildman–Crippen LogP) is 2.22. The maximum absolute atomic E-state index is 11.9. The summed E-state index contributed by atoms with van der Waals surface area (Å²) in [5.41, 5.74) is 10.9. The van der Waals surface area contributed by atoms with Gasteiger partial charge in [0.25, 0.3) is 0 Å². The number of nitrogen functional groups attached to an aromatic ring is 1. The average molecular weight is 235 g/mol. The molecule has 94 valence electrons. The molecule has 0 saturated carbocycles. The molecule has 1 aromatic rings. The second kappa shape index (κ2) is 5.80. The first-order valence-corrected chi connectivity index (χ1v) is 5.91. The molecular weight excluding hydrogens is 214 g/mol. The zero-order valence-electron chi connectivity index (χ0n) is 10.7. The van der Waals surface area contributed by atoms with E-state index in [2.05, 4.69) is 5.43 Å². The second-order valence-corrected chi connectivity index (χ2v) is 4.48. The summed E-state index contributed by atoms with van der Waals surface area (Å²) in [6.07, 6.45) is 0.826. The van der Waals surface area contributed by atoms with Crippen molar-refractivity contribution in [3.63, 3.8) is 0 Å². The number of rotatable bonds is 5. The average Bonchev–Trinajstić information content (AvgIpc) is 2.35. The maximum atomic E-state index is 11.9. The van der Waals surface area contributed by atoms with Gasteiger partial charge in [0.05, 0.1) is 5.69 Å². The van der Waals surface area contributed by atoms with Crippen LogP contribution in [0.5, 0.6) is 0 Å². The molecule has 1 aromatic carbocycles. The first-order chi connectivity index (χ1) is 8.01. The van der Waals surface area contributed by atoms with Crippen LogP contribution < -0.4 is 17.0 Å². The van der Waals surface area contributed by atoms with E-state index in [0.29, 0.717) is 5.56 Å². The van der Waals surface area contributed by atoms with Crippen LogP contribution in [0.25, 0.3) is 0 Å². The van der Waals surface area contributed by atoms with Gasteiger partial charge in [-0.25, -0.2) is 0 Å². The normalized spacial score (nSPS) is 12.6. The van der Waals surface area contributed by atoms with Crippen LogP contribution in [-0.4, -0.2) is 5.78 Å². The van der Waals surface area contributed by atoms with E-state index in [9.17, 15) is 4.79 Å². The Morgan fingerprint density at radius 2 is 2.06 bits per heavy atom. The van der Waals surface area contributed by atoms with Gasteiger partial charge in [-0.15, -0.1) is 0 Å². The van der Waals surface area contributed by atoms with Crippen molar-refractivity contribution in [1.29, 1.82) is 0 Å². The molecule has 1 atom stereocenters. The summed E-state index contributed by atoms with van der Waals surface area (Å²) in [4.78, 5) is 11.9. The number of Topliss-reactive ketones (excluding diaryl/α,β-unsaturated/α-hetero) is 1. The van der Waals surface area contributed by atoms with Gasteiger partial charge in [-0.1, -0.05) is 32.9 Å². The Hall–Kier alpha value is -1.39. The van der Waals surface area contributed by atoms with Crippen molar-refractivity contribution in [2.24, 2.45) is 17.5 Å². The summed E-state index contributed by atoms with van der Waals surface area (Å²) < 4.78 is 0. The number of hydrogen-bond donors (Lipinski definition) is 3. The summed E-state index contributed by atoms with van der Waals surface area (Å²) >= 11 is 0. The van der Waals surface area contributed by atoms with E-state index >= 15 is 0 Å². The maximum Gasteiger partial charge on any atom is 0.165 e. The van der Waals surface area contributed by atoms with Gasteiger partial charge in [0.1, 0.15) is 0 Å². The minimum atomic E-state index is -0.0655. The van der Waals surface area contributed by atoms with Crippen molar-refractivity contribution in [3.05, 3.63) is 29.3 Å². The third kappa shape index (κ3) is 3.05. The van der Waals surface area contributed by atoms with Gasteiger partial charge < -0.3 is 11.2 Å². The van der Waals surface area contributed by atoms with Gasteiger partial charge in [-0.2, -0.15) is 0 Å². The van der Waals surface area contributed by atoms with Crippen molar-refractivity contribution < 1.29 is 4.79 Å². The van der Waals surface area contributed by atoms with E-state index in [1.54, 1.807) is 6.07 Å². The lowest BCUT2D eigenvalue weighted by molar-refractivity contribution is 0.0939. The first kappa shape index (κ1) is 13.7. The van der Waals surface area contributed by atoms with Crippen molar-refractivity contribution in [1.82, 2.24) is 0 Å². The molecule has 5 N–H and O–H groups in total. The third-order valence-electron chi connectivity index (χ3n) is 2.86. The molecule has 0 spiro atoms. The molecular formula is C13H21N3O. The number of carbonyl (C=O) groups excluding carboxylic acids is 1. The predicted molar refractivity (Wildman–Crippen MR) is 70.6 cm³/mol. The van der Waals surface area contributed by atoms with Gasteiger partial charge in [0.2, 0.25) is 0 Å². The van der Waals surface area contributed by atoms with E-state index in [1.807, 2.05) is 32.9 Å². The fourth-order valence-corrected chi connectivity index (χ4v) is 1.71. The highest BCUT2D eigenvalue weighted by Crippen LogP contribution is 2.25. The lowest BCUT2D eigenvalue weighted by Crippen LogP contribution is -2.17. The summed E-state index contributed by atoms with van der Waals surface area (Å²) in [5.74, 6) is 5.56. The Balaban J connectivity index is 3.13. The Bertz CT molecular complexity index is 402. The minimum Gasteiger partial charge on any atom is -0.324 e. The molecule has 0 aromatic heterocycles. The molecule has 0 saturated heterocycles. The van der Waals surface area contributed by atoms with Gasteiger partial charge in [0, 0.05) is 17.5 Å². The molecule has 0 bridgehead atoms. The Labute approximate surface area is 102 Å². The van der Waals surface area contributed by atoms with E-state index < -0.39 is 0 Å². The van der Waals surface area contributed by atoms with E-state index in [-0.39, 0.29) is 17.7 Å². The molecule has 17 heavy (non-hydrogen) atoms. The molecule has 0 aliphatic heterocycles. The number of nitrogens with one attached hydrogen (secondary N) is 1. The molecule has 0 aliphatic carbocycles. The van der Waals surface area contributed by atoms with Gasteiger partial charge >= 0.3 is 0 Å². The van der Waals surface area contributed by atoms with Crippen LogP contribution in [0.2, 0.25) is 0 Å². The number of ketones is 1. The molecule has 0 amide bonds. The number of hydrogen-bond acceptors (Lipinski definition) is 4. The van der Waals surface area contributed by atoms with Crippen molar-refractivity contribution in [2.75, 3.05) is 5.43 Å². The Kier molecular flexibility index (Phi) is 4.66. The van der Waals surface area contributed by atoms with Gasteiger partial charge in [-0.3, -0.25) is 10.6 Å². The van der Waals surface area contributed by atoms with E-state index in [0.717, 1.165) is 17.7 Å². The highest BCUT2D eigenvalue weighted by molar-refractivity contribution is 5.98. The molecule has 0 aliphatic rings. The lowest BCUT2D eigenvalue weighted by Gasteiger charge is -2.16. The van der Waals surface area contributed by atoms with Crippen LogP contribution in [0.15, 0.2) is 18.2 Å². The minimum absolute atomic E-state index is 0.0219. The van der Waals surface area contributed by atoms with E-state index in [1.165, 1.54) is 0 Å². The smallest absolute Gasteiger partial charge is 0.165 e. The van der Waals surface area contributed by atoms with Crippen LogP contribution in [0, 0.1) is 5.92 Å². The number of hydrazine groups is 1. The Morgan fingerprint density at radius 1 is 1.41 bits per heavy atom. The van der Waals surface area contributed by atoms with E-state index in [4.69, 9.17) is 11.6 Å². The highest BCUT2D eigenvalue weighted by atomic mass is 16.1. The number of benzene rings is 1. The summed E-state index contributed by atoms with van der Waals surface area (Å²) in [5, 5.41) is 0. The topological polar surface area (TPSA) is 81.1 Å². The van der Waals surface area contributed by atoms with Crippen LogP contribution in [-0.2, 0) is 0 Å². The lowest BCUT2D eigenvalue weighted by atomic mass is 9.96. The molecule has 0 fully saturated rings. The third-order valence-corrected chi connectivity index (χ3v) is 2.86. The van der Waals surface area contributed by atoms with Gasteiger partial charge in [0.15, 0.2) is 5.78 Å². The SMILES string of the molecule is CCC(N)c1ccc(C(=O)C(C)C)cc1NN. The fourth-order valence-electron chi connectivity index (χ4n) is 1.71. The fraction of sp³-hybridized carbons (Fsp3) is 0.462. The van der Waals surface area contributed by atoms with Crippen LogP contribution >= 0.6 is 0 Å². The van der Waals surface area contributed by atoms with Crippen molar-refractivity contribution in [2.45, 2.75) is 33.2 Å². The summed E-state index contributed by atoms with van der Waals surface area (Å²) in [6.45, 7) is 5.77. The van der Waals surface area contributed by atoms with Crippen LogP contribution in [0.1, 0.15) is 49.2 Å². The zero-order valence-corrected chi connectivity index (χ0v) is 10.7. The molecule has 1 unspecified atom stereocenters. The Morgan fingerprint density at radius 3 is 2.53 bits per heavy atom. The molecule has 4 heteroatoms. The molecule has 0 radical (unpaired) electrons. The van der Waals surface area contributed by atoms with Gasteiger partial charge in [-0.05, 0) is 18.1 Å². The number of carbonyl (C=O) groups is 1. The number of anilines is 1. The summed E-state index contributed by atoms with van der Waals surface area (Å²) in [6, 6.07) is 5.39. The van der Waals surface area contributed by atoms with Crippen LogP contribution in [0.4, 0.5) is 5.69 Å². The monoisotopic (exact) mass is 235 g/mol. The molecule has 4 nitrogen and oxygen atoms in total. The standard InChI is InChI=1S/C13H21N3O/c1-4-11(14)10-6-5-9(7-12(10)16-15)13(17)8(2)3/h5-8,11,16H,4,14-15H2,1-3H3. The van der Waals surface area contributed by atoms with Crippen LogP contribution in [0.3, 0.4) is 0 Å². The quantitative estimate of drug-likeness (QED) is 0.415. The molecule has 1 rings (SSSR count). The first-order valence-electron chi connectivity index (χ1n) is 5.91. The highest BCUT2D eigenvalue weighted by Gasteiger charge is 2.14. The molecule has 0 heterocycles. The zero-order chi connectivity index (χ0) is 13.0. The number of nitrogens with two attached hydrogens (primary N) is 2. The second-order valence-electron chi connectivity index (χ2n) is 4.48. The summed E-state index contributed by atoms with van der Waals surface area (Å²) in [7, 11) is 0. The van der Waals surface area contributed by atoms with Crippen molar-refractivity contribution >= 4 is 11.5 Å².